The molecule has 0 aromatic carbocycles. The Morgan fingerprint density at radius 1 is 1.08 bits per heavy atom. The second-order valence-electron chi connectivity index (χ2n) is 6.75. The van der Waals surface area contributed by atoms with Crippen molar-refractivity contribution in [3.63, 3.8) is 0 Å². The normalized spacial score (nSPS) is 21.9. The Hall–Kier alpha value is -2.68. The zero-order valence-corrected chi connectivity index (χ0v) is 14.5. The molecule has 1 unspecified atom stereocenters. The fourth-order valence-corrected chi connectivity index (χ4v) is 3.78. The van der Waals surface area contributed by atoms with Crippen LogP contribution < -0.4 is 20.3 Å². The van der Waals surface area contributed by atoms with E-state index in [4.69, 9.17) is 25.2 Å². The number of hydrogen-bond donors (Lipinski definition) is 1. The Morgan fingerprint density at radius 3 is 2.69 bits per heavy atom. The van der Waals surface area contributed by atoms with E-state index in [9.17, 15) is 0 Å². The van der Waals surface area contributed by atoms with Gasteiger partial charge in [0.15, 0.2) is 11.6 Å². The van der Waals surface area contributed by atoms with Crippen molar-refractivity contribution in [2.24, 2.45) is 0 Å². The van der Waals surface area contributed by atoms with Crippen molar-refractivity contribution in [3.8, 4) is 17.0 Å². The molecule has 0 radical (unpaired) electrons. The molecule has 9 nitrogen and oxygen atoms in total. The summed E-state index contributed by atoms with van der Waals surface area (Å²) < 4.78 is 11.6. The lowest BCUT2D eigenvalue weighted by Gasteiger charge is -2.35. The summed E-state index contributed by atoms with van der Waals surface area (Å²) in [6, 6.07) is 0.394. The SMILES string of the molecule is Nc1ncc(-c2nc(N3CCOCC3)nc3c2OCC2CCCN32)cn1. The van der Waals surface area contributed by atoms with E-state index in [1.54, 1.807) is 12.4 Å². The van der Waals surface area contributed by atoms with Gasteiger partial charge in [-0.05, 0) is 12.8 Å². The number of aromatic nitrogens is 4. The monoisotopic (exact) mass is 355 g/mol. The number of nitrogens with zero attached hydrogens (tertiary/aromatic N) is 6. The van der Waals surface area contributed by atoms with Crippen molar-refractivity contribution in [1.29, 1.82) is 0 Å². The molecule has 0 bridgehead atoms. The second kappa shape index (κ2) is 6.24. The van der Waals surface area contributed by atoms with Gasteiger partial charge in [0, 0.05) is 37.6 Å². The van der Waals surface area contributed by atoms with Crippen LogP contribution in [-0.4, -0.2) is 65.4 Å². The van der Waals surface area contributed by atoms with Crippen molar-refractivity contribution in [2.45, 2.75) is 18.9 Å². The van der Waals surface area contributed by atoms with Gasteiger partial charge in [-0.15, -0.1) is 0 Å². The van der Waals surface area contributed by atoms with Crippen LogP contribution in [0.4, 0.5) is 17.7 Å². The highest BCUT2D eigenvalue weighted by Gasteiger charge is 2.36. The van der Waals surface area contributed by atoms with Crippen LogP contribution in [0.3, 0.4) is 0 Å². The highest BCUT2D eigenvalue weighted by molar-refractivity contribution is 5.75. The minimum atomic E-state index is 0.241. The third-order valence-corrected chi connectivity index (χ3v) is 5.14. The Kier molecular flexibility index (Phi) is 3.74. The molecule has 0 aliphatic carbocycles. The molecule has 0 saturated carbocycles. The predicted molar refractivity (Wildman–Crippen MR) is 96.4 cm³/mol. The molecule has 3 aliphatic heterocycles. The molecule has 9 heteroatoms. The maximum Gasteiger partial charge on any atom is 0.228 e. The number of ether oxygens (including phenoxy) is 2. The van der Waals surface area contributed by atoms with E-state index in [-0.39, 0.29) is 5.95 Å². The fraction of sp³-hybridized carbons (Fsp3) is 0.529. The molecule has 1 atom stereocenters. The zero-order chi connectivity index (χ0) is 17.5. The zero-order valence-electron chi connectivity index (χ0n) is 14.5. The Labute approximate surface area is 151 Å². The molecule has 0 amide bonds. The summed E-state index contributed by atoms with van der Waals surface area (Å²) >= 11 is 0. The largest absolute Gasteiger partial charge is 0.485 e. The number of rotatable bonds is 2. The summed E-state index contributed by atoms with van der Waals surface area (Å²) in [5.41, 5.74) is 7.15. The summed E-state index contributed by atoms with van der Waals surface area (Å²) in [5.74, 6) is 2.54. The van der Waals surface area contributed by atoms with E-state index in [1.807, 2.05) is 0 Å². The van der Waals surface area contributed by atoms with Crippen LogP contribution in [0.2, 0.25) is 0 Å². The van der Waals surface area contributed by atoms with E-state index in [0.29, 0.717) is 37.6 Å². The lowest BCUT2D eigenvalue weighted by atomic mass is 10.1. The lowest BCUT2D eigenvalue weighted by molar-refractivity contribution is 0.122. The van der Waals surface area contributed by atoms with Gasteiger partial charge in [0.05, 0.1) is 19.3 Å². The highest BCUT2D eigenvalue weighted by atomic mass is 16.5. The Balaban J connectivity index is 1.64. The first-order valence-corrected chi connectivity index (χ1v) is 9.01. The van der Waals surface area contributed by atoms with Crippen LogP contribution in [0.25, 0.3) is 11.3 Å². The van der Waals surface area contributed by atoms with E-state index >= 15 is 0 Å². The van der Waals surface area contributed by atoms with Crippen molar-refractivity contribution < 1.29 is 9.47 Å². The summed E-state index contributed by atoms with van der Waals surface area (Å²) in [6.45, 7) is 4.59. The molecule has 2 aromatic rings. The number of nitrogens with two attached hydrogens (primary N) is 1. The van der Waals surface area contributed by atoms with Gasteiger partial charge in [-0.25, -0.2) is 15.0 Å². The van der Waals surface area contributed by atoms with Gasteiger partial charge in [-0.1, -0.05) is 0 Å². The summed E-state index contributed by atoms with van der Waals surface area (Å²) in [7, 11) is 0. The van der Waals surface area contributed by atoms with Crippen molar-refractivity contribution in [2.75, 3.05) is 55.0 Å². The van der Waals surface area contributed by atoms with Crippen molar-refractivity contribution >= 4 is 17.7 Å². The lowest BCUT2D eigenvalue weighted by Crippen LogP contribution is -2.41. The molecular formula is C17H21N7O2. The van der Waals surface area contributed by atoms with Crippen molar-refractivity contribution in [1.82, 2.24) is 19.9 Å². The van der Waals surface area contributed by atoms with E-state index in [1.165, 1.54) is 0 Å². The third-order valence-electron chi connectivity index (χ3n) is 5.14. The first-order valence-electron chi connectivity index (χ1n) is 9.01. The molecule has 136 valence electrons. The summed E-state index contributed by atoms with van der Waals surface area (Å²) in [4.78, 5) is 22.4. The third kappa shape index (κ3) is 2.59. The van der Waals surface area contributed by atoms with E-state index in [2.05, 4.69) is 19.8 Å². The van der Waals surface area contributed by atoms with Crippen LogP contribution >= 0.6 is 0 Å². The van der Waals surface area contributed by atoms with Crippen LogP contribution in [0.1, 0.15) is 12.8 Å². The molecule has 2 aromatic heterocycles. The molecular weight excluding hydrogens is 334 g/mol. The standard InChI is InChI=1S/C17H21N7O2/c18-16-19-8-11(9-20-16)13-14-15(24-3-1-2-12(24)10-26-14)22-17(21-13)23-4-6-25-7-5-23/h8-9,12H,1-7,10H2,(H2,18,19,20). The average Bonchev–Trinajstić information content (AvgIpc) is 3.18. The first-order chi connectivity index (χ1) is 12.8. The van der Waals surface area contributed by atoms with Crippen molar-refractivity contribution in [3.05, 3.63) is 12.4 Å². The smallest absolute Gasteiger partial charge is 0.228 e. The molecule has 26 heavy (non-hydrogen) atoms. The summed E-state index contributed by atoms with van der Waals surface area (Å²) in [6.07, 6.45) is 5.67. The number of nitrogen functional groups attached to an aromatic ring is 1. The number of fused-ring (bicyclic) bond motifs is 3. The first kappa shape index (κ1) is 15.6. The topological polar surface area (TPSA) is 103 Å². The van der Waals surface area contributed by atoms with Gasteiger partial charge in [0.25, 0.3) is 0 Å². The van der Waals surface area contributed by atoms with Gasteiger partial charge in [-0.2, -0.15) is 4.98 Å². The Bertz CT molecular complexity index is 808. The molecule has 5 heterocycles. The molecule has 0 spiro atoms. The van der Waals surface area contributed by atoms with Gasteiger partial charge in [-0.3, -0.25) is 0 Å². The van der Waals surface area contributed by atoms with Gasteiger partial charge in [0.2, 0.25) is 11.9 Å². The van der Waals surface area contributed by atoms with E-state index in [0.717, 1.165) is 49.6 Å². The Morgan fingerprint density at radius 2 is 1.88 bits per heavy atom. The van der Waals surface area contributed by atoms with Gasteiger partial charge < -0.3 is 25.0 Å². The number of hydrogen-bond acceptors (Lipinski definition) is 9. The van der Waals surface area contributed by atoms with Gasteiger partial charge in [0.1, 0.15) is 12.3 Å². The molecule has 3 aliphatic rings. The number of anilines is 3. The van der Waals surface area contributed by atoms with Crippen LogP contribution in [-0.2, 0) is 4.74 Å². The van der Waals surface area contributed by atoms with Crippen LogP contribution in [0.15, 0.2) is 12.4 Å². The quantitative estimate of drug-likeness (QED) is 0.834. The maximum atomic E-state index is 6.10. The van der Waals surface area contributed by atoms with Gasteiger partial charge >= 0.3 is 0 Å². The minimum Gasteiger partial charge on any atom is -0.485 e. The molecule has 2 fully saturated rings. The summed E-state index contributed by atoms with van der Waals surface area (Å²) in [5, 5.41) is 0. The number of morpholine rings is 1. The van der Waals surface area contributed by atoms with Crippen LogP contribution in [0, 0.1) is 0 Å². The highest BCUT2D eigenvalue weighted by Crippen LogP contribution is 2.43. The minimum absolute atomic E-state index is 0.241. The fourth-order valence-electron chi connectivity index (χ4n) is 3.78. The average molecular weight is 355 g/mol. The molecule has 5 rings (SSSR count). The maximum absolute atomic E-state index is 6.10. The second-order valence-corrected chi connectivity index (χ2v) is 6.75. The molecule has 2 N–H and O–H groups in total. The predicted octanol–water partition coefficient (Wildman–Crippen LogP) is 0.714. The van der Waals surface area contributed by atoms with E-state index < -0.39 is 0 Å². The van der Waals surface area contributed by atoms with Crippen LogP contribution in [0.5, 0.6) is 5.75 Å². The molecule has 2 saturated heterocycles.